The van der Waals surface area contributed by atoms with Crippen molar-refractivity contribution >= 4 is 39.6 Å². The summed E-state index contributed by atoms with van der Waals surface area (Å²) in [6.07, 6.45) is 0. The summed E-state index contributed by atoms with van der Waals surface area (Å²) in [7, 11) is 0. The van der Waals surface area contributed by atoms with E-state index in [0.29, 0.717) is 11.4 Å². The van der Waals surface area contributed by atoms with Crippen LogP contribution in [-0.4, -0.2) is 0 Å². The molecule has 0 bridgehead atoms. The molecule has 4 heteroatoms. The van der Waals surface area contributed by atoms with Crippen LogP contribution in [0.1, 0.15) is 0 Å². The van der Waals surface area contributed by atoms with Crippen molar-refractivity contribution in [2.24, 2.45) is 0 Å². The molecule has 0 heterocycles. The van der Waals surface area contributed by atoms with Crippen molar-refractivity contribution in [1.82, 2.24) is 0 Å². The molecular weight excluding hydrogens is 266 g/mol. The lowest BCUT2D eigenvalue weighted by Gasteiger charge is -2.11. The number of anilines is 3. The summed E-state index contributed by atoms with van der Waals surface area (Å²) < 4.78 is 0. The van der Waals surface area contributed by atoms with Gasteiger partial charge in [0.05, 0.1) is 0 Å². The van der Waals surface area contributed by atoms with E-state index in [1.807, 2.05) is 36.4 Å². The molecule has 100 valence electrons. The molecule has 6 N–H and O–H groups in total. The van der Waals surface area contributed by atoms with Gasteiger partial charge in [-0.15, -0.1) is 0 Å². The molecule has 0 amide bonds. The highest BCUT2D eigenvalue weighted by atomic mass is 32.2. The summed E-state index contributed by atoms with van der Waals surface area (Å²) in [6, 6.07) is 17.7. The van der Waals surface area contributed by atoms with Crippen LogP contribution < -0.4 is 17.2 Å². The Hall–Kier alpha value is -2.33. The topological polar surface area (TPSA) is 78.1 Å². The largest absolute Gasteiger partial charge is 0.399 e. The quantitative estimate of drug-likeness (QED) is 0.625. The third-order valence-electron chi connectivity index (χ3n) is 3.16. The van der Waals surface area contributed by atoms with Crippen LogP contribution in [0.4, 0.5) is 17.1 Å². The minimum atomic E-state index is 0.665. The number of fused-ring (bicyclic) bond motifs is 1. The summed E-state index contributed by atoms with van der Waals surface area (Å²) >= 11 is 1.57. The fourth-order valence-electron chi connectivity index (χ4n) is 2.14. The first kappa shape index (κ1) is 12.7. The fourth-order valence-corrected chi connectivity index (χ4v) is 3.16. The number of nitrogens with two attached hydrogens (primary N) is 3. The Bertz CT molecular complexity index is 784. The van der Waals surface area contributed by atoms with E-state index in [9.17, 15) is 0 Å². The maximum absolute atomic E-state index is 6.13. The van der Waals surface area contributed by atoms with E-state index < -0.39 is 0 Å². The van der Waals surface area contributed by atoms with Gasteiger partial charge in [-0.2, -0.15) is 0 Å². The molecule has 0 saturated carbocycles. The third kappa shape index (κ3) is 2.26. The fraction of sp³-hybridized carbons (Fsp3) is 0. The average Bonchev–Trinajstić information content (AvgIpc) is 2.44. The Morgan fingerprint density at radius 2 is 1.55 bits per heavy atom. The van der Waals surface area contributed by atoms with E-state index in [-0.39, 0.29) is 0 Å². The molecule has 0 aliphatic rings. The molecule has 3 rings (SSSR count). The molecule has 0 aromatic heterocycles. The van der Waals surface area contributed by atoms with Crippen molar-refractivity contribution in [2.75, 3.05) is 17.2 Å². The van der Waals surface area contributed by atoms with Crippen molar-refractivity contribution in [3.8, 4) is 0 Å². The maximum atomic E-state index is 6.13. The van der Waals surface area contributed by atoms with Gasteiger partial charge in [-0.1, -0.05) is 42.1 Å². The van der Waals surface area contributed by atoms with E-state index >= 15 is 0 Å². The van der Waals surface area contributed by atoms with E-state index in [4.69, 9.17) is 17.2 Å². The smallest absolute Gasteiger partial charge is 0.0476 e. The van der Waals surface area contributed by atoms with E-state index in [1.165, 1.54) is 5.39 Å². The highest BCUT2D eigenvalue weighted by molar-refractivity contribution is 8.00. The minimum absolute atomic E-state index is 0.665. The maximum Gasteiger partial charge on any atom is 0.0476 e. The van der Waals surface area contributed by atoms with Crippen LogP contribution in [0, 0.1) is 0 Å². The van der Waals surface area contributed by atoms with E-state index in [0.717, 1.165) is 20.9 Å². The summed E-state index contributed by atoms with van der Waals surface area (Å²) in [4.78, 5) is 1.99. The first-order valence-corrected chi connectivity index (χ1v) is 7.07. The minimum Gasteiger partial charge on any atom is -0.399 e. The molecule has 0 aliphatic carbocycles. The molecule has 0 atom stereocenters. The molecule has 0 radical (unpaired) electrons. The molecule has 0 spiro atoms. The van der Waals surface area contributed by atoms with Gasteiger partial charge in [0.25, 0.3) is 0 Å². The standard InChI is InChI=1S/C16H15N3S/c17-11-6-8-15(14(19)9-11)20-16-12-4-2-1-3-10(12)5-7-13(16)18/h1-9H,17-19H2. The van der Waals surface area contributed by atoms with Gasteiger partial charge >= 0.3 is 0 Å². The van der Waals surface area contributed by atoms with Gasteiger partial charge in [-0.05, 0) is 35.0 Å². The van der Waals surface area contributed by atoms with Gasteiger partial charge < -0.3 is 17.2 Å². The van der Waals surface area contributed by atoms with Crippen molar-refractivity contribution in [3.63, 3.8) is 0 Å². The summed E-state index contributed by atoms with van der Waals surface area (Å²) in [5.41, 5.74) is 20.0. The number of hydrogen-bond acceptors (Lipinski definition) is 4. The Labute approximate surface area is 121 Å². The number of nitrogen functional groups attached to an aromatic ring is 3. The van der Waals surface area contributed by atoms with Crippen LogP contribution in [-0.2, 0) is 0 Å². The number of benzene rings is 3. The van der Waals surface area contributed by atoms with E-state index in [2.05, 4.69) is 12.1 Å². The molecule has 3 nitrogen and oxygen atoms in total. The summed E-state index contributed by atoms with van der Waals surface area (Å²) in [5, 5.41) is 2.30. The molecular formula is C16H15N3S. The first-order chi connectivity index (χ1) is 9.65. The molecule has 0 saturated heterocycles. The molecule has 0 unspecified atom stereocenters. The van der Waals surface area contributed by atoms with Crippen LogP contribution in [0.5, 0.6) is 0 Å². The summed E-state index contributed by atoms with van der Waals surface area (Å²) in [5.74, 6) is 0. The van der Waals surface area contributed by atoms with Crippen molar-refractivity contribution < 1.29 is 0 Å². The molecule has 3 aromatic rings. The van der Waals surface area contributed by atoms with Gasteiger partial charge in [-0.25, -0.2) is 0 Å². The van der Waals surface area contributed by atoms with Gasteiger partial charge in [-0.3, -0.25) is 0 Å². The second-order valence-electron chi connectivity index (χ2n) is 4.60. The zero-order valence-corrected chi connectivity index (χ0v) is 11.7. The zero-order chi connectivity index (χ0) is 14.1. The number of hydrogen-bond donors (Lipinski definition) is 3. The average molecular weight is 281 g/mol. The lowest BCUT2D eigenvalue weighted by Crippen LogP contribution is -1.94. The predicted octanol–water partition coefficient (Wildman–Crippen LogP) is 3.74. The Morgan fingerprint density at radius 3 is 2.35 bits per heavy atom. The normalized spacial score (nSPS) is 10.8. The Morgan fingerprint density at radius 1 is 0.750 bits per heavy atom. The second-order valence-corrected chi connectivity index (χ2v) is 5.66. The molecule has 0 fully saturated rings. The predicted molar refractivity (Wildman–Crippen MR) is 87.8 cm³/mol. The van der Waals surface area contributed by atoms with Crippen LogP contribution >= 0.6 is 11.8 Å². The van der Waals surface area contributed by atoms with Crippen LogP contribution in [0.3, 0.4) is 0 Å². The third-order valence-corrected chi connectivity index (χ3v) is 4.41. The highest BCUT2D eigenvalue weighted by Crippen LogP contribution is 2.40. The summed E-state index contributed by atoms with van der Waals surface area (Å²) in [6.45, 7) is 0. The van der Waals surface area contributed by atoms with Gasteiger partial charge in [0, 0.05) is 26.9 Å². The molecule has 3 aromatic carbocycles. The monoisotopic (exact) mass is 281 g/mol. The van der Waals surface area contributed by atoms with Crippen LogP contribution in [0.15, 0.2) is 64.4 Å². The lowest BCUT2D eigenvalue weighted by atomic mass is 10.1. The Kier molecular flexibility index (Phi) is 3.16. The van der Waals surface area contributed by atoms with Crippen molar-refractivity contribution in [2.45, 2.75) is 9.79 Å². The number of rotatable bonds is 2. The molecule has 0 aliphatic heterocycles. The second kappa shape index (κ2) is 4.98. The van der Waals surface area contributed by atoms with Gasteiger partial charge in [0.15, 0.2) is 0 Å². The Balaban J connectivity index is 2.12. The lowest BCUT2D eigenvalue weighted by molar-refractivity contribution is 1.44. The molecule has 20 heavy (non-hydrogen) atoms. The van der Waals surface area contributed by atoms with Crippen molar-refractivity contribution in [3.05, 3.63) is 54.6 Å². The van der Waals surface area contributed by atoms with Crippen LogP contribution in [0.25, 0.3) is 10.8 Å². The van der Waals surface area contributed by atoms with Gasteiger partial charge in [0.1, 0.15) is 0 Å². The highest BCUT2D eigenvalue weighted by Gasteiger charge is 2.09. The SMILES string of the molecule is Nc1ccc(Sc2c(N)ccc3ccccc23)c(N)c1. The van der Waals surface area contributed by atoms with E-state index in [1.54, 1.807) is 17.8 Å². The first-order valence-electron chi connectivity index (χ1n) is 6.25. The zero-order valence-electron chi connectivity index (χ0n) is 10.8. The van der Waals surface area contributed by atoms with Gasteiger partial charge in [0.2, 0.25) is 0 Å². The van der Waals surface area contributed by atoms with Crippen molar-refractivity contribution in [1.29, 1.82) is 0 Å². The van der Waals surface area contributed by atoms with Crippen LogP contribution in [0.2, 0.25) is 0 Å².